The van der Waals surface area contributed by atoms with Crippen molar-refractivity contribution in [2.45, 2.75) is 25.3 Å². The maximum Gasteiger partial charge on any atom is 0.241 e. The van der Waals surface area contributed by atoms with Gasteiger partial charge in [-0.05, 0) is 26.0 Å². The lowest BCUT2D eigenvalue weighted by Gasteiger charge is -2.06. The third-order valence-electron chi connectivity index (χ3n) is 2.93. The van der Waals surface area contributed by atoms with Crippen LogP contribution >= 0.6 is 11.6 Å². The molecule has 0 amide bonds. The summed E-state index contributed by atoms with van der Waals surface area (Å²) >= 11 is 5.68. The number of aromatic nitrogens is 2. The summed E-state index contributed by atoms with van der Waals surface area (Å²) in [6.45, 7) is 3.22. The van der Waals surface area contributed by atoms with Crippen molar-refractivity contribution in [3.05, 3.63) is 46.0 Å². The van der Waals surface area contributed by atoms with E-state index in [0.29, 0.717) is 22.0 Å². The first-order valence-electron chi connectivity index (χ1n) is 5.71. The van der Waals surface area contributed by atoms with Gasteiger partial charge in [-0.2, -0.15) is 5.10 Å². The van der Waals surface area contributed by atoms with Gasteiger partial charge >= 0.3 is 0 Å². The molecule has 0 unspecified atom stereocenters. The van der Waals surface area contributed by atoms with Gasteiger partial charge in [0.05, 0.1) is 17.9 Å². The van der Waals surface area contributed by atoms with Crippen molar-refractivity contribution in [3.8, 4) is 0 Å². The number of aryl methyl sites for hydroxylation is 1. The minimum absolute atomic E-state index is 0.0214. The highest BCUT2D eigenvalue weighted by molar-refractivity contribution is 7.89. The summed E-state index contributed by atoms with van der Waals surface area (Å²) in [5.74, 6) is -0.470. The third kappa shape index (κ3) is 2.84. The first-order chi connectivity index (χ1) is 9.20. The molecular weight excluding hydrogens is 305 g/mol. The average molecular weight is 318 g/mol. The Morgan fingerprint density at radius 3 is 2.55 bits per heavy atom. The maximum atomic E-state index is 13.7. The van der Waals surface area contributed by atoms with Crippen LogP contribution in [0.15, 0.2) is 23.1 Å². The predicted molar refractivity (Wildman–Crippen MR) is 73.6 cm³/mol. The largest absolute Gasteiger partial charge is 0.264 e. The van der Waals surface area contributed by atoms with E-state index in [4.69, 9.17) is 16.7 Å². The molecule has 0 saturated carbocycles. The van der Waals surface area contributed by atoms with Crippen LogP contribution in [0.1, 0.15) is 17.0 Å². The van der Waals surface area contributed by atoms with Crippen molar-refractivity contribution in [2.75, 3.05) is 0 Å². The second-order valence-corrected chi connectivity index (χ2v) is 6.37. The van der Waals surface area contributed by atoms with Crippen LogP contribution in [0.25, 0.3) is 0 Å². The molecule has 0 radical (unpaired) electrons. The van der Waals surface area contributed by atoms with Crippen molar-refractivity contribution >= 4 is 21.6 Å². The second kappa shape index (κ2) is 5.16. The van der Waals surface area contributed by atoms with Gasteiger partial charge in [0.25, 0.3) is 0 Å². The standard InChI is InChI=1S/C12H13ClFN3O2S/c1-7-12(20(15,18)19)8(2)17(16-7)6-9-3-4-10(13)5-11(9)14/h3-5H,6H2,1-2H3,(H2,15,18,19). The summed E-state index contributed by atoms with van der Waals surface area (Å²) in [6, 6.07) is 4.29. The molecule has 1 aromatic carbocycles. The monoisotopic (exact) mass is 317 g/mol. The van der Waals surface area contributed by atoms with Crippen molar-refractivity contribution in [3.63, 3.8) is 0 Å². The predicted octanol–water partition coefficient (Wildman–Crippen LogP) is 1.99. The van der Waals surface area contributed by atoms with Gasteiger partial charge in [0.2, 0.25) is 10.0 Å². The van der Waals surface area contributed by atoms with Crippen LogP contribution in [0.5, 0.6) is 0 Å². The van der Waals surface area contributed by atoms with Crippen molar-refractivity contribution in [1.29, 1.82) is 0 Å². The molecule has 20 heavy (non-hydrogen) atoms. The third-order valence-corrected chi connectivity index (χ3v) is 4.33. The summed E-state index contributed by atoms with van der Waals surface area (Å²) in [7, 11) is -3.85. The smallest absolute Gasteiger partial charge is 0.241 e. The van der Waals surface area contributed by atoms with Crippen LogP contribution < -0.4 is 5.14 Å². The van der Waals surface area contributed by atoms with Crippen molar-refractivity contribution < 1.29 is 12.8 Å². The molecule has 2 rings (SSSR count). The molecule has 5 nitrogen and oxygen atoms in total. The Bertz CT molecular complexity index is 771. The molecule has 0 spiro atoms. The zero-order valence-electron chi connectivity index (χ0n) is 10.9. The minimum Gasteiger partial charge on any atom is -0.264 e. The lowest BCUT2D eigenvalue weighted by molar-refractivity contribution is 0.577. The van der Waals surface area contributed by atoms with Crippen LogP contribution in [-0.4, -0.2) is 18.2 Å². The number of halogens is 2. The summed E-state index contributed by atoms with van der Waals surface area (Å²) in [5, 5.41) is 9.53. The molecule has 0 aliphatic carbocycles. The van der Waals surface area contributed by atoms with Crippen molar-refractivity contribution in [2.24, 2.45) is 5.14 Å². The summed E-state index contributed by atoms with van der Waals surface area (Å²) in [6.07, 6.45) is 0. The SMILES string of the molecule is Cc1nn(Cc2ccc(Cl)cc2F)c(C)c1S(N)(=O)=O. The molecule has 1 heterocycles. The van der Waals surface area contributed by atoms with E-state index < -0.39 is 15.8 Å². The Kier molecular flexibility index (Phi) is 3.86. The molecule has 0 bridgehead atoms. The molecule has 2 aromatic rings. The molecule has 108 valence electrons. The topological polar surface area (TPSA) is 78.0 Å². The van der Waals surface area contributed by atoms with Gasteiger partial charge in [-0.25, -0.2) is 17.9 Å². The normalized spacial score (nSPS) is 11.8. The number of sulfonamides is 1. The number of benzene rings is 1. The Hall–Kier alpha value is -1.44. The first-order valence-corrected chi connectivity index (χ1v) is 7.63. The van der Waals surface area contributed by atoms with Gasteiger partial charge in [0.1, 0.15) is 10.7 Å². The van der Waals surface area contributed by atoms with Crippen LogP contribution in [0.2, 0.25) is 5.02 Å². The summed E-state index contributed by atoms with van der Waals surface area (Å²) in [4.78, 5) is -0.0214. The fourth-order valence-electron chi connectivity index (χ4n) is 2.06. The molecule has 0 fully saturated rings. The Labute approximate surface area is 121 Å². The van der Waals surface area contributed by atoms with E-state index in [0.717, 1.165) is 0 Å². The molecule has 0 aliphatic heterocycles. The lowest BCUT2D eigenvalue weighted by atomic mass is 10.2. The fraction of sp³-hybridized carbons (Fsp3) is 0.250. The van der Waals surface area contributed by atoms with Gasteiger partial charge < -0.3 is 0 Å². The van der Waals surface area contributed by atoms with E-state index in [9.17, 15) is 12.8 Å². The Morgan fingerprint density at radius 2 is 2.05 bits per heavy atom. The zero-order valence-corrected chi connectivity index (χ0v) is 12.5. The van der Waals surface area contributed by atoms with E-state index in [1.807, 2.05) is 0 Å². The van der Waals surface area contributed by atoms with E-state index in [-0.39, 0.29) is 11.4 Å². The first kappa shape index (κ1) is 15.0. The van der Waals surface area contributed by atoms with Gasteiger partial charge in [0, 0.05) is 10.6 Å². The number of rotatable bonds is 3. The average Bonchev–Trinajstić information content (AvgIpc) is 2.57. The number of primary sulfonamides is 1. The highest BCUT2D eigenvalue weighted by Gasteiger charge is 2.21. The molecule has 2 N–H and O–H groups in total. The second-order valence-electron chi connectivity index (χ2n) is 4.44. The Balaban J connectivity index is 2.46. The van der Waals surface area contributed by atoms with Gasteiger partial charge in [-0.15, -0.1) is 0 Å². The van der Waals surface area contributed by atoms with E-state index in [2.05, 4.69) is 5.10 Å². The molecule has 8 heteroatoms. The van der Waals surface area contributed by atoms with E-state index in [1.54, 1.807) is 19.9 Å². The number of hydrogen-bond acceptors (Lipinski definition) is 3. The van der Waals surface area contributed by atoms with Crippen molar-refractivity contribution in [1.82, 2.24) is 9.78 Å². The van der Waals surface area contributed by atoms with Crippen LogP contribution in [0.4, 0.5) is 4.39 Å². The molecular formula is C12H13ClFN3O2S. The quantitative estimate of drug-likeness (QED) is 0.940. The van der Waals surface area contributed by atoms with Crippen LogP contribution in [0, 0.1) is 19.7 Å². The number of hydrogen-bond donors (Lipinski definition) is 1. The zero-order chi connectivity index (χ0) is 15.1. The highest BCUT2D eigenvalue weighted by Crippen LogP contribution is 2.20. The number of nitrogens with two attached hydrogens (primary N) is 1. The highest BCUT2D eigenvalue weighted by atomic mass is 35.5. The minimum atomic E-state index is -3.85. The van der Waals surface area contributed by atoms with Crippen LogP contribution in [0.3, 0.4) is 0 Å². The summed E-state index contributed by atoms with van der Waals surface area (Å²) < 4.78 is 38.1. The lowest BCUT2D eigenvalue weighted by Crippen LogP contribution is -2.14. The molecule has 1 aromatic heterocycles. The van der Waals surface area contributed by atoms with Gasteiger partial charge in [0.15, 0.2) is 0 Å². The van der Waals surface area contributed by atoms with E-state index >= 15 is 0 Å². The molecule has 0 saturated heterocycles. The maximum absolute atomic E-state index is 13.7. The molecule has 0 atom stereocenters. The summed E-state index contributed by atoms with van der Waals surface area (Å²) in [5.41, 5.74) is 1.03. The van der Waals surface area contributed by atoms with E-state index in [1.165, 1.54) is 16.8 Å². The fourth-order valence-corrected chi connectivity index (χ4v) is 3.19. The van der Waals surface area contributed by atoms with Gasteiger partial charge in [-0.3, -0.25) is 4.68 Å². The van der Waals surface area contributed by atoms with Crippen LogP contribution in [-0.2, 0) is 16.6 Å². The Morgan fingerprint density at radius 1 is 1.40 bits per heavy atom. The molecule has 0 aliphatic rings. The number of nitrogens with zero attached hydrogens (tertiary/aromatic N) is 2. The van der Waals surface area contributed by atoms with Gasteiger partial charge in [-0.1, -0.05) is 17.7 Å².